The number of ether oxygens (including phenoxy) is 2. The minimum atomic E-state index is -3.88. The number of halogens is 1. The number of anilines is 1. The number of nitrogens with one attached hydrogen (secondary N) is 1. The van der Waals surface area contributed by atoms with Gasteiger partial charge in [0.2, 0.25) is 15.9 Å². The van der Waals surface area contributed by atoms with Gasteiger partial charge in [-0.15, -0.1) is 0 Å². The third-order valence-corrected chi connectivity index (χ3v) is 6.45. The molecule has 0 aliphatic heterocycles. The predicted molar refractivity (Wildman–Crippen MR) is 112 cm³/mol. The van der Waals surface area contributed by atoms with Gasteiger partial charge in [0, 0.05) is 23.3 Å². The number of carbonyl (C=O) groups excluding carboxylic acids is 1. The topological polar surface area (TPSA) is 84.9 Å². The Morgan fingerprint density at radius 3 is 2.18 bits per heavy atom. The van der Waals surface area contributed by atoms with Crippen LogP contribution in [-0.2, 0) is 14.8 Å². The van der Waals surface area contributed by atoms with Crippen molar-refractivity contribution in [3.8, 4) is 11.5 Å². The van der Waals surface area contributed by atoms with E-state index < -0.39 is 15.9 Å². The van der Waals surface area contributed by atoms with Gasteiger partial charge in [-0.1, -0.05) is 15.9 Å². The van der Waals surface area contributed by atoms with E-state index in [1.54, 1.807) is 0 Å². The van der Waals surface area contributed by atoms with Crippen LogP contribution >= 0.6 is 15.9 Å². The van der Waals surface area contributed by atoms with Crippen molar-refractivity contribution >= 4 is 37.5 Å². The molecule has 0 heterocycles. The molecule has 0 radical (unpaired) electrons. The van der Waals surface area contributed by atoms with E-state index >= 15 is 0 Å². The number of likely N-dealkylation sites (N-methyl/N-ethyl adjacent to an activating group) is 1. The highest BCUT2D eigenvalue weighted by molar-refractivity contribution is 9.10. The van der Waals surface area contributed by atoms with Gasteiger partial charge in [-0.25, -0.2) is 8.42 Å². The molecule has 2 aromatic carbocycles. The van der Waals surface area contributed by atoms with Crippen molar-refractivity contribution in [2.45, 2.75) is 18.7 Å². The van der Waals surface area contributed by atoms with E-state index in [1.165, 1.54) is 39.5 Å². The van der Waals surface area contributed by atoms with Gasteiger partial charge < -0.3 is 14.8 Å². The number of benzene rings is 2. The molecule has 1 amide bonds. The van der Waals surface area contributed by atoms with Crippen molar-refractivity contribution in [1.29, 1.82) is 0 Å². The fourth-order valence-electron chi connectivity index (χ4n) is 2.73. The molecule has 9 heteroatoms. The van der Waals surface area contributed by atoms with Crippen molar-refractivity contribution in [3.63, 3.8) is 0 Å². The molecule has 1 N–H and O–H groups in total. The highest BCUT2D eigenvalue weighted by Gasteiger charge is 2.25. The van der Waals surface area contributed by atoms with E-state index in [4.69, 9.17) is 9.47 Å². The van der Waals surface area contributed by atoms with Crippen molar-refractivity contribution < 1.29 is 22.7 Å². The Kier molecular flexibility index (Phi) is 7.08. The van der Waals surface area contributed by atoms with Gasteiger partial charge in [-0.05, 0) is 49.2 Å². The second-order valence-electron chi connectivity index (χ2n) is 6.24. The van der Waals surface area contributed by atoms with Gasteiger partial charge in [0.05, 0.1) is 25.7 Å². The van der Waals surface area contributed by atoms with Crippen molar-refractivity contribution in [2.24, 2.45) is 0 Å². The lowest BCUT2D eigenvalue weighted by Crippen LogP contribution is -2.35. The molecule has 0 saturated heterocycles. The lowest BCUT2D eigenvalue weighted by Gasteiger charge is -2.19. The first-order chi connectivity index (χ1) is 13.1. The maximum Gasteiger partial charge on any atom is 0.243 e. The van der Waals surface area contributed by atoms with E-state index in [-0.39, 0.29) is 11.4 Å². The SMILES string of the molecule is COc1ccc(S(=O)(=O)N(C)CC(=O)Nc2c(C)cc(Br)cc2C)cc1OC. The minimum Gasteiger partial charge on any atom is -0.493 e. The summed E-state index contributed by atoms with van der Waals surface area (Å²) in [7, 11) is 0.364. The molecule has 7 nitrogen and oxygen atoms in total. The summed E-state index contributed by atoms with van der Waals surface area (Å²) in [5, 5.41) is 2.79. The molecular formula is C19H23BrN2O5S. The van der Waals surface area contributed by atoms with Gasteiger partial charge in [0.25, 0.3) is 0 Å². The van der Waals surface area contributed by atoms with Crippen LogP contribution in [0.3, 0.4) is 0 Å². The number of sulfonamides is 1. The quantitative estimate of drug-likeness (QED) is 0.670. The van der Waals surface area contributed by atoms with Crippen molar-refractivity contribution in [2.75, 3.05) is 33.1 Å². The third kappa shape index (κ3) is 4.84. The molecule has 0 aromatic heterocycles. The Hall–Kier alpha value is -2.10. The van der Waals surface area contributed by atoms with Crippen molar-refractivity contribution in [1.82, 2.24) is 4.31 Å². The van der Waals surface area contributed by atoms with Crippen LogP contribution in [0, 0.1) is 13.8 Å². The van der Waals surface area contributed by atoms with Crippen LogP contribution in [-0.4, -0.2) is 46.4 Å². The molecule has 0 atom stereocenters. The monoisotopic (exact) mass is 470 g/mol. The van der Waals surface area contributed by atoms with E-state index in [2.05, 4.69) is 21.2 Å². The Labute approximate surface area is 173 Å². The molecule has 152 valence electrons. The Morgan fingerprint density at radius 1 is 1.07 bits per heavy atom. The summed E-state index contributed by atoms with van der Waals surface area (Å²) in [6.07, 6.45) is 0. The van der Waals surface area contributed by atoms with Crippen LogP contribution in [0.4, 0.5) is 5.69 Å². The highest BCUT2D eigenvalue weighted by Crippen LogP contribution is 2.30. The summed E-state index contributed by atoms with van der Waals surface area (Å²) in [5.41, 5.74) is 2.43. The minimum absolute atomic E-state index is 0.0106. The van der Waals surface area contributed by atoms with Crippen LogP contribution in [0.15, 0.2) is 39.7 Å². The summed E-state index contributed by atoms with van der Waals surface area (Å²) >= 11 is 3.41. The van der Waals surface area contributed by atoms with Crippen LogP contribution < -0.4 is 14.8 Å². The number of methoxy groups -OCH3 is 2. The summed E-state index contributed by atoms with van der Waals surface area (Å²) in [6, 6.07) is 8.05. The smallest absolute Gasteiger partial charge is 0.243 e. The molecule has 2 aromatic rings. The normalized spacial score (nSPS) is 11.4. The number of hydrogen-bond acceptors (Lipinski definition) is 5. The molecule has 0 spiro atoms. The fraction of sp³-hybridized carbons (Fsp3) is 0.316. The average Bonchev–Trinajstić information content (AvgIpc) is 2.63. The van der Waals surface area contributed by atoms with Gasteiger partial charge in [0.1, 0.15) is 0 Å². The first-order valence-corrected chi connectivity index (χ1v) is 10.6. The maximum absolute atomic E-state index is 12.8. The predicted octanol–water partition coefficient (Wildman–Crippen LogP) is 3.34. The zero-order valence-electron chi connectivity index (χ0n) is 16.4. The Bertz CT molecular complexity index is 969. The fourth-order valence-corrected chi connectivity index (χ4v) is 4.56. The van der Waals surface area contributed by atoms with E-state index in [0.29, 0.717) is 17.2 Å². The molecule has 0 aliphatic rings. The van der Waals surface area contributed by atoms with E-state index in [0.717, 1.165) is 19.9 Å². The van der Waals surface area contributed by atoms with Gasteiger partial charge >= 0.3 is 0 Å². The molecule has 0 aliphatic carbocycles. The number of rotatable bonds is 7. The third-order valence-electron chi connectivity index (χ3n) is 4.19. The lowest BCUT2D eigenvalue weighted by atomic mass is 10.1. The number of aryl methyl sites for hydroxylation is 2. The van der Waals surface area contributed by atoms with E-state index in [9.17, 15) is 13.2 Å². The standard InChI is InChI=1S/C19H23BrN2O5S/c1-12-8-14(20)9-13(2)19(12)21-18(23)11-22(3)28(24,25)15-6-7-16(26-4)17(10-15)27-5/h6-10H,11H2,1-5H3,(H,21,23). The largest absolute Gasteiger partial charge is 0.493 e. The summed E-state index contributed by atoms with van der Waals surface area (Å²) in [5.74, 6) is 0.283. The van der Waals surface area contributed by atoms with Crippen molar-refractivity contribution in [3.05, 3.63) is 45.9 Å². The first kappa shape index (κ1) is 22.2. The second-order valence-corrected chi connectivity index (χ2v) is 9.20. The maximum atomic E-state index is 12.8. The molecule has 0 bridgehead atoms. The van der Waals surface area contributed by atoms with Gasteiger partial charge in [-0.2, -0.15) is 4.31 Å². The first-order valence-electron chi connectivity index (χ1n) is 8.35. The van der Waals surface area contributed by atoms with Gasteiger partial charge in [0.15, 0.2) is 11.5 Å². The zero-order valence-corrected chi connectivity index (χ0v) is 18.8. The van der Waals surface area contributed by atoms with E-state index in [1.807, 2.05) is 26.0 Å². The Morgan fingerprint density at radius 2 is 1.64 bits per heavy atom. The number of hydrogen-bond donors (Lipinski definition) is 1. The number of nitrogens with zero attached hydrogens (tertiary/aromatic N) is 1. The van der Waals surface area contributed by atoms with Gasteiger partial charge in [-0.3, -0.25) is 4.79 Å². The van der Waals surface area contributed by atoms with Crippen LogP contribution in [0.2, 0.25) is 0 Å². The molecule has 0 saturated carbocycles. The molecule has 0 fully saturated rings. The molecule has 2 rings (SSSR count). The summed E-state index contributed by atoms with van der Waals surface area (Å²) < 4.78 is 37.8. The van der Waals surface area contributed by atoms with Crippen LogP contribution in [0.1, 0.15) is 11.1 Å². The highest BCUT2D eigenvalue weighted by atomic mass is 79.9. The second kappa shape index (κ2) is 8.93. The number of carbonyl (C=O) groups is 1. The lowest BCUT2D eigenvalue weighted by molar-refractivity contribution is -0.116. The van der Waals surface area contributed by atoms with Crippen LogP contribution in [0.25, 0.3) is 0 Å². The summed E-state index contributed by atoms with van der Waals surface area (Å²) in [6.45, 7) is 3.42. The molecule has 0 unspecified atom stereocenters. The van der Waals surface area contributed by atoms with Crippen LogP contribution in [0.5, 0.6) is 11.5 Å². The molecule has 28 heavy (non-hydrogen) atoms. The molecular weight excluding hydrogens is 448 g/mol. The number of amides is 1. The summed E-state index contributed by atoms with van der Waals surface area (Å²) in [4.78, 5) is 12.5. The average molecular weight is 471 g/mol. The Balaban J connectivity index is 2.19. The zero-order chi connectivity index (χ0) is 21.1.